The molecule has 9 heteroatoms. The average molecular weight is 456 g/mol. The Morgan fingerprint density at radius 3 is 2.64 bits per heavy atom. The molecule has 8 nitrogen and oxygen atoms in total. The van der Waals surface area contributed by atoms with E-state index in [0.29, 0.717) is 56.3 Å². The van der Waals surface area contributed by atoms with Gasteiger partial charge in [0.1, 0.15) is 11.6 Å². The molecule has 2 saturated heterocycles. The fourth-order valence-electron chi connectivity index (χ4n) is 4.94. The van der Waals surface area contributed by atoms with E-state index in [2.05, 4.69) is 10.2 Å². The number of hydrogen-bond donors (Lipinski definition) is 0. The molecular formula is C24H30FN5O3. The third kappa shape index (κ3) is 4.77. The SMILES string of the molecule is COc1ccc([C@@H]2CN(c3cccnn3)C[C@H]2C(=O)N2CCC(C)N(C(C)=O)CC2)c(F)c1. The van der Waals surface area contributed by atoms with Gasteiger partial charge in [0.25, 0.3) is 0 Å². The summed E-state index contributed by atoms with van der Waals surface area (Å²) in [6.07, 6.45) is 2.31. The highest BCUT2D eigenvalue weighted by atomic mass is 19.1. The monoisotopic (exact) mass is 455 g/mol. The van der Waals surface area contributed by atoms with Crippen molar-refractivity contribution >= 4 is 17.6 Å². The maximum absolute atomic E-state index is 15.1. The fraction of sp³-hybridized carbons (Fsp3) is 0.500. The number of rotatable bonds is 4. The number of ether oxygens (including phenoxy) is 1. The van der Waals surface area contributed by atoms with Crippen molar-refractivity contribution in [2.75, 3.05) is 44.7 Å². The Balaban J connectivity index is 1.61. The van der Waals surface area contributed by atoms with Crippen LogP contribution in [-0.2, 0) is 9.59 Å². The van der Waals surface area contributed by atoms with Crippen LogP contribution in [-0.4, -0.2) is 77.7 Å². The molecule has 0 N–H and O–H groups in total. The van der Waals surface area contributed by atoms with Crippen LogP contribution in [0, 0.1) is 11.7 Å². The topological polar surface area (TPSA) is 78.9 Å². The molecule has 0 radical (unpaired) electrons. The van der Waals surface area contributed by atoms with E-state index in [9.17, 15) is 9.59 Å². The highest BCUT2D eigenvalue weighted by Gasteiger charge is 2.42. The lowest BCUT2D eigenvalue weighted by molar-refractivity contribution is -0.136. The van der Waals surface area contributed by atoms with Gasteiger partial charge in [-0.2, -0.15) is 5.10 Å². The Labute approximate surface area is 193 Å². The number of anilines is 1. The molecule has 2 aliphatic rings. The first-order chi connectivity index (χ1) is 15.9. The summed E-state index contributed by atoms with van der Waals surface area (Å²) in [6, 6.07) is 8.52. The summed E-state index contributed by atoms with van der Waals surface area (Å²) in [5.74, 6) is -0.0499. The largest absolute Gasteiger partial charge is 0.497 e. The first kappa shape index (κ1) is 22.9. The summed E-state index contributed by atoms with van der Waals surface area (Å²) < 4.78 is 20.2. The van der Waals surface area contributed by atoms with Crippen LogP contribution in [0.2, 0.25) is 0 Å². The molecule has 176 valence electrons. The van der Waals surface area contributed by atoms with Crippen LogP contribution in [0.5, 0.6) is 5.75 Å². The van der Waals surface area contributed by atoms with E-state index in [1.165, 1.54) is 13.2 Å². The van der Waals surface area contributed by atoms with Crippen LogP contribution in [0.4, 0.5) is 10.2 Å². The number of halogens is 1. The summed E-state index contributed by atoms with van der Waals surface area (Å²) in [5.41, 5.74) is 0.495. The third-order valence-corrected chi connectivity index (χ3v) is 6.80. The number of hydrogen-bond acceptors (Lipinski definition) is 6. The molecule has 3 heterocycles. The average Bonchev–Trinajstić information content (AvgIpc) is 3.16. The number of carbonyl (C=O) groups is 2. The minimum atomic E-state index is -0.436. The van der Waals surface area contributed by atoms with Gasteiger partial charge in [0.15, 0.2) is 5.82 Å². The van der Waals surface area contributed by atoms with Gasteiger partial charge in [0, 0.05) is 63.9 Å². The molecule has 2 amide bonds. The normalized spacial score (nSPS) is 23.4. The molecule has 1 aromatic heterocycles. The predicted octanol–water partition coefficient (Wildman–Crippen LogP) is 2.31. The third-order valence-electron chi connectivity index (χ3n) is 6.80. The maximum atomic E-state index is 15.1. The second kappa shape index (κ2) is 9.72. The molecular weight excluding hydrogens is 425 g/mol. The van der Waals surface area contributed by atoms with Crippen molar-refractivity contribution < 1.29 is 18.7 Å². The highest BCUT2D eigenvalue weighted by molar-refractivity contribution is 5.82. The molecule has 1 unspecified atom stereocenters. The van der Waals surface area contributed by atoms with Crippen LogP contribution >= 0.6 is 0 Å². The molecule has 0 aliphatic carbocycles. The maximum Gasteiger partial charge on any atom is 0.228 e. The molecule has 0 saturated carbocycles. The van der Waals surface area contributed by atoms with Gasteiger partial charge in [0.05, 0.1) is 13.0 Å². The van der Waals surface area contributed by atoms with E-state index in [1.54, 1.807) is 31.3 Å². The summed E-state index contributed by atoms with van der Waals surface area (Å²) in [5, 5.41) is 8.15. The van der Waals surface area contributed by atoms with Gasteiger partial charge in [-0.1, -0.05) is 6.07 Å². The Kier molecular flexibility index (Phi) is 6.76. The molecule has 0 spiro atoms. The van der Waals surface area contributed by atoms with Crippen molar-refractivity contribution in [2.24, 2.45) is 5.92 Å². The van der Waals surface area contributed by atoms with E-state index in [0.717, 1.165) is 0 Å². The lowest BCUT2D eigenvalue weighted by atomic mass is 9.87. The van der Waals surface area contributed by atoms with Crippen LogP contribution in [0.25, 0.3) is 0 Å². The zero-order valence-electron chi connectivity index (χ0n) is 19.3. The van der Waals surface area contributed by atoms with Gasteiger partial charge in [-0.25, -0.2) is 4.39 Å². The van der Waals surface area contributed by atoms with Crippen molar-refractivity contribution in [3.8, 4) is 5.75 Å². The number of methoxy groups -OCH3 is 1. The van der Waals surface area contributed by atoms with Crippen molar-refractivity contribution in [3.63, 3.8) is 0 Å². The second-order valence-corrected chi connectivity index (χ2v) is 8.76. The molecule has 3 atom stereocenters. The van der Waals surface area contributed by atoms with Crippen molar-refractivity contribution in [3.05, 3.63) is 47.9 Å². The Bertz CT molecular complexity index is 1000. The number of aromatic nitrogens is 2. The molecule has 33 heavy (non-hydrogen) atoms. The van der Waals surface area contributed by atoms with E-state index >= 15 is 4.39 Å². The lowest BCUT2D eigenvalue weighted by Gasteiger charge is -2.27. The Hall–Kier alpha value is -3.23. The van der Waals surface area contributed by atoms with Crippen LogP contribution < -0.4 is 9.64 Å². The fourth-order valence-corrected chi connectivity index (χ4v) is 4.94. The number of carbonyl (C=O) groups excluding carboxylic acids is 2. The van der Waals surface area contributed by atoms with Gasteiger partial charge in [-0.05, 0) is 37.1 Å². The minimum Gasteiger partial charge on any atom is -0.497 e. The van der Waals surface area contributed by atoms with E-state index in [1.807, 2.05) is 27.7 Å². The molecule has 1 aromatic carbocycles. The highest BCUT2D eigenvalue weighted by Crippen LogP contribution is 2.38. The molecule has 2 aromatic rings. The standard InChI is InChI=1S/C24H30FN5O3/c1-16-8-10-28(11-12-30(16)17(2)31)24(32)21-15-29(23-5-4-9-26-27-23)14-20(21)19-7-6-18(33-3)13-22(19)25/h4-7,9,13,16,20-21H,8,10-12,14-15H2,1-3H3/t16?,20-,21+/m0/s1. The van der Waals surface area contributed by atoms with Crippen LogP contribution in [0.15, 0.2) is 36.5 Å². The van der Waals surface area contributed by atoms with Gasteiger partial charge in [0.2, 0.25) is 11.8 Å². The quantitative estimate of drug-likeness (QED) is 0.704. The summed E-state index contributed by atoms with van der Waals surface area (Å²) in [6.45, 7) is 6.01. The summed E-state index contributed by atoms with van der Waals surface area (Å²) in [4.78, 5) is 31.4. The van der Waals surface area contributed by atoms with E-state index in [4.69, 9.17) is 4.74 Å². The van der Waals surface area contributed by atoms with Crippen molar-refractivity contribution in [1.82, 2.24) is 20.0 Å². The summed E-state index contributed by atoms with van der Waals surface area (Å²) >= 11 is 0. The Morgan fingerprint density at radius 2 is 1.97 bits per heavy atom. The van der Waals surface area contributed by atoms with Gasteiger partial charge in [-0.3, -0.25) is 9.59 Å². The van der Waals surface area contributed by atoms with E-state index in [-0.39, 0.29) is 29.6 Å². The Morgan fingerprint density at radius 1 is 1.15 bits per heavy atom. The first-order valence-electron chi connectivity index (χ1n) is 11.3. The minimum absolute atomic E-state index is 0.0146. The zero-order valence-corrected chi connectivity index (χ0v) is 19.3. The predicted molar refractivity (Wildman–Crippen MR) is 121 cm³/mol. The summed E-state index contributed by atoms with van der Waals surface area (Å²) in [7, 11) is 1.50. The van der Waals surface area contributed by atoms with Gasteiger partial charge >= 0.3 is 0 Å². The first-order valence-corrected chi connectivity index (χ1v) is 11.3. The molecule has 2 aliphatic heterocycles. The number of amides is 2. The zero-order chi connectivity index (χ0) is 23.5. The van der Waals surface area contributed by atoms with E-state index < -0.39 is 5.92 Å². The van der Waals surface area contributed by atoms with Gasteiger partial charge < -0.3 is 19.4 Å². The van der Waals surface area contributed by atoms with Crippen molar-refractivity contribution in [2.45, 2.75) is 32.2 Å². The molecule has 4 rings (SSSR count). The smallest absolute Gasteiger partial charge is 0.228 e. The number of nitrogens with zero attached hydrogens (tertiary/aromatic N) is 5. The van der Waals surface area contributed by atoms with Gasteiger partial charge in [-0.15, -0.1) is 5.10 Å². The second-order valence-electron chi connectivity index (χ2n) is 8.76. The van der Waals surface area contributed by atoms with Crippen LogP contribution in [0.1, 0.15) is 31.7 Å². The number of benzene rings is 1. The van der Waals surface area contributed by atoms with Crippen LogP contribution in [0.3, 0.4) is 0 Å². The molecule has 0 bridgehead atoms. The van der Waals surface area contributed by atoms with Crippen molar-refractivity contribution in [1.29, 1.82) is 0 Å². The molecule has 2 fully saturated rings. The lowest BCUT2D eigenvalue weighted by Crippen LogP contribution is -2.42.